The lowest BCUT2D eigenvalue weighted by atomic mass is 10.2. The van der Waals surface area contributed by atoms with Gasteiger partial charge < -0.3 is 5.32 Å². The fourth-order valence-electron chi connectivity index (χ4n) is 3.30. The summed E-state index contributed by atoms with van der Waals surface area (Å²) >= 11 is 0. The lowest BCUT2D eigenvalue weighted by Crippen LogP contribution is -2.48. The number of nitrogens with one attached hydrogen (secondary N) is 1. The molecule has 1 spiro atoms. The van der Waals surface area contributed by atoms with E-state index in [4.69, 9.17) is 0 Å². The summed E-state index contributed by atoms with van der Waals surface area (Å²) in [6.07, 6.45) is 6.40. The van der Waals surface area contributed by atoms with Gasteiger partial charge in [0.1, 0.15) is 11.5 Å². The van der Waals surface area contributed by atoms with Crippen molar-refractivity contribution < 1.29 is 13.2 Å². The summed E-state index contributed by atoms with van der Waals surface area (Å²) in [6, 6.07) is 5.40. The number of carbonyl (C=O) groups excluding carboxylic acids is 1. The Hall–Kier alpha value is -1.93. The molecule has 0 radical (unpaired) electrons. The highest BCUT2D eigenvalue weighted by Crippen LogP contribution is 2.50. The van der Waals surface area contributed by atoms with Crippen LogP contribution in [0.15, 0.2) is 30.6 Å². The number of carbonyl (C=O) groups is 1. The van der Waals surface area contributed by atoms with Crippen LogP contribution in [0.5, 0.6) is 0 Å². The van der Waals surface area contributed by atoms with E-state index >= 15 is 0 Å². The normalized spacial score (nSPS) is 22.3. The zero-order valence-corrected chi connectivity index (χ0v) is 13.4. The average Bonchev–Trinajstić information content (AvgIpc) is 3.13. The van der Waals surface area contributed by atoms with Gasteiger partial charge in [-0.25, -0.2) is 13.4 Å². The van der Waals surface area contributed by atoms with E-state index in [-0.39, 0.29) is 12.5 Å². The van der Waals surface area contributed by atoms with Crippen molar-refractivity contribution in [3.8, 4) is 0 Å². The van der Waals surface area contributed by atoms with Crippen LogP contribution in [0.4, 0.5) is 5.82 Å². The summed E-state index contributed by atoms with van der Waals surface area (Å²) in [6.45, 7) is 0.294. The minimum absolute atomic E-state index is 0.130. The Bertz CT molecular complexity index is 870. The van der Waals surface area contributed by atoms with Crippen molar-refractivity contribution in [1.29, 1.82) is 0 Å². The smallest absolute Gasteiger partial charge is 0.240 e. The van der Waals surface area contributed by atoms with Crippen LogP contribution in [0, 0.1) is 0 Å². The van der Waals surface area contributed by atoms with Crippen molar-refractivity contribution >= 4 is 27.4 Å². The molecule has 2 aromatic rings. The zero-order chi connectivity index (χ0) is 16.1. The van der Waals surface area contributed by atoms with Gasteiger partial charge in [-0.15, -0.1) is 0 Å². The standard InChI is InChI=1S/C15H18N4O3S/c20-14(17-13-4-1-3-12-16-8-10-19(12)13)11-18-9-2-5-15(6-7-15)23(18,21)22/h1,3-4,8,10H,2,5-7,9,11H2,(H,17,20). The van der Waals surface area contributed by atoms with Crippen molar-refractivity contribution in [2.45, 2.75) is 30.4 Å². The minimum Gasteiger partial charge on any atom is -0.311 e. The number of anilines is 1. The highest BCUT2D eigenvalue weighted by atomic mass is 32.2. The second-order valence-electron chi connectivity index (χ2n) is 6.24. The number of hydrogen-bond acceptors (Lipinski definition) is 4. The second-order valence-corrected chi connectivity index (χ2v) is 8.57. The predicted octanol–water partition coefficient (Wildman–Crippen LogP) is 1.23. The van der Waals surface area contributed by atoms with E-state index in [9.17, 15) is 13.2 Å². The maximum Gasteiger partial charge on any atom is 0.240 e. The van der Waals surface area contributed by atoms with Gasteiger partial charge >= 0.3 is 0 Å². The maximum atomic E-state index is 12.6. The Kier molecular flexibility index (Phi) is 3.21. The number of nitrogens with zero attached hydrogens (tertiary/aromatic N) is 3. The molecule has 23 heavy (non-hydrogen) atoms. The molecule has 7 nitrogen and oxygen atoms in total. The number of hydrogen-bond donors (Lipinski definition) is 1. The lowest BCUT2D eigenvalue weighted by Gasteiger charge is -2.32. The van der Waals surface area contributed by atoms with Gasteiger partial charge in [0.15, 0.2) is 0 Å². The van der Waals surface area contributed by atoms with Gasteiger partial charge in [0.25, 0.3) is 0 Å². The molecule has 0 aromatic carbocycles. The lowest BCUT2D eigenvalue weighted by molar-refractivity contribution is -0.116. The fourth-order valence-corrected chi connectivity index (χ4v) is 5.53. The topological polar surface area (TPSA) is 83.8 Å². The van der Waals surface area contributed by atoms with E-state index in [1.807, 2.05) is 6.07 Å². The summed E-state index contributed by atoms with van der Waals surface area (Å²) in [4.78, 5) is 16.5. The SMILES string of the molecule is O=C(CN1CCCC2(CC2)S1(=O)=O)Nc1cccc2nccn12. The van der Waals surface area contributed by atoms with Crippen LogP contribution in [0.25, 0.3) is 5.65 Å². The van der Waals surface area contributed by atoms with Gasteiger partial charge in [-0.05, 0) is 37.8 Å². The molecule has 0 atom stereocenters. The average molecular weight is 334 g/mol. The summed E-state index contributed by atoms with van der Waals surface area (Å²) in [5.41, 5.74) is 0.727. The van der Waals surface area contributed by atoms with Crippen LogP contribution >= 0.6 is 0 Å². The largest absolute Gasteiger partial charge is 0.311 e. The maximum absolute atomic E-state index is 12.6. The summed E-state index contributed by atoms with van der Waals surface area (Å²) in [5.74, 6) is 0.257. The van der Waals surface area contributed by atoms with E-state index in [2.05, 4.69) is 10.3 Å². The first kappa shape index (κ1) is 14.6. The monoisotopic (exact) mass is 334 g/mol. The first-order chi connectivity index (χ1) is 11.0. The molecule has 3 heterocycles. The van der Waals surface area contributed by atoms with Crippen LogP contribution in [-0.4, -0.2) is 45.9 Å². The van der Waals surface area contributed by atoms with Gasteiger partial charge in [0, 0.05) is 18.9 Å². The Morgan fingerprint density at radius 1 is 1.30 bits per heavy atom. The third kappa shape index (κ3) is 2.33. The molecule has 2 aliphatic rings. The molecular formula is C15H18N4O3S. The molecule has 2 fully saturated rings. The molecule has 1 saturated heterocycles. The Morgan fingerprint density at radius 3 is 2.91 bits per heavy atom. The summed E-state index contributed by atoms with van der Waals surface area (Å²) in [7, 11) is -3.36. The van der Waals surface area contributed by atoms with E-state index in [0.717, 1.165) is 31.3 Å². The molecule has 8 heteroatoms. The molecule has 2 aromatic heterocycles. The van der Waals surface area contributed by atoms with Crippen molar-refractivity contribution in [3.63, 3.8) is 0 Å². The number of fused-ring (bicyclic) bond motifs is 1. The fraction of sp³-hybridized carbons (Fsp3) is 0.467. The van der Waals surface area contributed by atoms with Crippen LogP contribution in [0.1, 0.15) is 25.7 Å². The first-order valence-electron chi connectivity index (χ1n) is 7.74. The molecule has 0 unspecified atom stereocenters. The van der Waals surface area contributed by atoms with E-state index in [0.29, 0.717) is 12.4 Å². The second kappa shape index (κ2) is 5.04. The number of imidazole rings is 1. The van der Waals surface area contributed by atoms with Gasteiger partial charge in [-0.1, -0.05) is 6.07 Å². The van der Waals surface area contributed by atoms with E-state index < -0.39 is 14.8 Å². The van der Waals surface area contributed by atoms with Crippen molar-refractivity contribution in [1.82, 2.24) is 13.7 Å². The van der Waals surface area contributed by atoms with Gasteiger partial charge in [-0.2, -0.15) is 4.31 Å². The van der Waals surface area contributed by atoms with Crippen molar-refractivity contribution in [2.75, 3.05) is 18.4 Å². The van der Waals surface area contributed by atoms with Crippen molar-refractivity contribution in [3.05, 3.63) is 30.6 Å². The highest BCUT2D eigenvalue weighted by Gasteiger charge is 2.58. The third-order valence-electron chi connectivity index (χ3n) is 4.75. The summed E-state index contributed by atoms with van der Waals surface area (Å²) < 4.78 is 27.7. The highest BCUT2D eigenvalue weighted by molar-refractivity contribution is 7.90. The van der Waals surface area contributed by atoms with Crippen LogP contribution in [0.2, 0.25) is 0 Å². The number of sulfonamides is 1. The first-order valence-corrected chi connectivity index (χ1v) is 9.18. The van der Waals surface area contributed by atoms with Crippen LogP contribution < -0.4 is 5.32 Å². The molecule has 1 aliphatic heterocycles. The van der Waals surface area contributed by atoms with E-state index in [1.165, 1.54) is 4.31 Å². The Morgan fingerprint density at radius 2 is 2.13 bits per heavy atom. The minimum atomic E-state index is -3.36. The number of rotatable bonds is 3. The van der Waals surface area contributed by atoms with E-state index in [1.54, 1.807) is 28.9 Å². The molecule has 4 rings (SSSR count). The molecular weight excluding hydrogens is 316 g/mol. The molecule has 1 saturated carbocycles. The van der Waals surface area contributed by atoms with Gasteiger partial charge in [-0.3, -0.25) is 9.20 Å². The quantitative estimate of drug-likeness (QED) is 0.915. The van der Waals surface area contributed by atoms with Gasteiger partial charge in [0.05, 0.1) is 11.3 Å². The predicted molar refractivity (Wildman–Crippen MR) is 85.5 cm³/mol. The van der Waals surface area contributed by atoms with Crippen molar-refractivity contribution in [2.24, 2.45) is 0 Å². The Balaban J connectivity index is 1.51. The number of amides is 1. The van der Waals surface area contributed by atoms with Gasteiger partial charge in [0.2, 0.25) is 15.9 Å². The summed E-state index contributed by atoms with van der Waals surface area (Å²) in [5, 5.41) is 2.78. The third-order valence-corrected chi connectivity index (χ3v) is 7.45. The van der Waals surface area contributed by atoms with Crippen LogP contribution in [-0.2, 0) is 14.8 Å². The Labute approximate surface area is 134 Å². The molecule has 0 bridgehead atoms. The number of pyridine rings is 1. The zero-order valence-electron chi connectivity index (χ0n) is 12.6. The molecule has 1 N–H and O–H groups in total. The molecule has 1 aliphatic carbocycles. The number of aromatic nitrogens is 2. The molecule has 1 amide bonds. The molecule has 122 valence electrons. The van der Waals surface area contributed by atoms with Crippen LogP contribution in [0.3, 0.4) is 0 Å².